The van der Waals surface area contributed by atoms with Crippen LogP contribution in [-0.2, 0) is 19.1 Å². The van der Waals surface area contributed by atoms with Gasteiger partial charge in [0, 0.05) is 24.8 Å². The van der Waals surface area contributed by atoms with E-state index in [4.69, 9.17) is 4.74 Å². The van der Waals surface area contributed by atoms with E-state index in [2.05, 4.69) is 10.6 Å². The first-order chi connectivity index (χ1) is 16.1. The summed E-state index contributed by atoms with van der Waals surface area (Å²) >= 11 is 0. The van der Waals surface area contributed by atoms with Crippen LogP contribution in [0, 0.1) is 11.8 Å². The molecule has 8 nitrogen and oxygen atoms in total. The molecular weight excluding hydrogens is 434 g/mol. The van der Waals surface area contributed by atoms with Gasteiger partial charge in [-0.1, -0.05) is 31.4 Å². The second-order valence-electron chi connectivity index (χ2n) is 10.7. The SMILES string of the molecule is CC(C)(C)OC(=O)N1CC[C@@H]2NC(=O)C(C(=O)Nc3ccc(C4CCCCC4)cc3)C(=O)[C@H]2C1. The van der Waals surface area contributed by atoms with E-state index in [0.29, 0.717) is 24.6 Å². The lowest BCUT2D eigenvalue weighted by Crippen LogP contribution is -2.63. The average Bonchev–Trinajstić information content (AvgIpc) is 2.79. The van der Waals surface area contributed by atoms with Crippen LogP contribution in [0.25, 0.3) is 0 Å². The van der Waals surface area contributed by atoms with Gasteiger partial charge in [0.1, 0.15) is 5.60 Å². The molecule has 0 bridgehead atoms. The van der Waals surface area contributed by atoms with E-state index in [9.17, 15) is 19.2 Å². The van der Waals surface area contributed by atoms with Gasteiger partial charge in [-0.25, -0.2) is 4.79 Å². The highest BCUT2D eigenvalue weighted by atomic mass is 16.6. The number of ether oxygens (including phenoxy) is 1. The smallest absolute Gasteiger partial charge is 0.410 e. The number of nitrogens with zero attached hydrogens (tertiary/aromatic N) is 1. The molecule has 2 saturated heterocycles. The second kappa shape index (κ2) is 9.76. The number of amides is 3. The van der Waals surface area contributed by atoms with Crippen LogP contribution in [0.15, 0.2) is 24.3 Å². The van der Waals surface area contributed by atoms with Gasteiger partial charge in [0.2, 0.25) is 11.8 Å². The van der Waals surface area contributed by atoms with Crippen LogP contribution in [0.2, 0.25) is 0 Å². The zero-order valence-electron chi connectivity index (χ0n) is 20.3. The fourth-order valence-corrected chi connectivity index (χ4v) is 5.25. The number of likely N-dealkylation sites (tertiary alicyclic amines) is 1. The molecule has 0 radical (unpaired) electrons. The number of piperidine rings is 2. The molecule has 184 valence electrons. The first kappa shape index (κ1) is 24.2. The molecule has 4 rings (SSSR count). The van der Waals surface area contributed by atoms with Gasteiger partial charge in [0.05, 0.1) is 5.92 Å². The second-order valence-corrected chi connectivity index (χ2v) is 10.7. The van der Waals surface area contributed by atoms with E-state index < -0.39 is 41.1 Å². The Morgan fingerprint density at radius 2 is 1.71 bits per heavy atom. The number of anilines is 1. The Labute approximate surface area is 200 Å². The molecule has 1 aromatic carbocycles. The summed E-state index contributed by atoms with van der Waals surface area (Å²) in [4.78, 5) is 52.8. The molecule has 0 spiro atoms. The monoisotopic (exact) mass is 469 g/mol. The van der Waals surface area contributed by atoms with E-state index in [1.165, 1.54) is 42.6 Å². The third-order valence-electron chi connectivity index (χ3n) is 7.02. The topological polar surface area (TPSA) is 105 Å². The summed E-state index contributed by atoms with van der Waals surface area (Å²) in [5.41, 5.74) is 1.18. The largest absolute Gasteiger partial charge is 0.444 e. The Bertz CT molecular complexity index is 946. The molecule has 2 aliphatic heterocycles. The molecule has 8 heteroatoms. The summed E-state index contributed by atoms with van der Waals surface area (Å²) < 4.78 is 5.43. The zero-order valence-corrected chi connectivity index (χ0v) is 20.3. The number of hydrogen-bond donors (Lipinski definition) is 2. The Kier molecular flexibility index (Phi) is 6.96. The van der Waals surface area contributed by atoms with Crippen molar-refractivity contribution in [3.8, 4) is 0 Å². The molecular formula is C26H35N3O5. The minimum absolute atomic E-state index is 0.124. The predicted molar refractivity (Wildman–Crippen MR) is 127 cm³/mol. The summed E-state index contributed by atoms with van der Waals surface area (Å²) in [6.45, 7) is 5.86. The van der Waals surface area contributed by atoms with Gasteiger partial charge < -0.3 is 20.3 Å². The minimum Gasteiger partial charge on any atom is -0.444 e. The summed E-state index contributed by atoms with van der Waals surface area (Å²) in [7, 11) is 0. The van der Waals surface area contributed by atoms with Crippen LogP contribution in [0.4, 0.5) is 10.5 Å². The number of carbonyl (C=O) groups is 4. The molecule has 2 N–H and O–H groups in total. The molecule has 1 unspecified atom stereocenters. The highest BCUT2D eigenvalue weighted by Crippen LogP contribution is 2.33. The van der Waals surface area contributed by atoms with Crippen molar-refractivity contribution in [2.75, 3.05) is 18.4 Å². The summed E-state index contributed by atoms with van der Waals surface area (Å²) in [6, 6.07) is 7.33. The van der Waals surface area contributed by atoms with Gasteiger partial charge >= 0.3 is 6.09 Å². The Hall–Kier alpha value is -2.90. The van der Waals surface area contributed by atoms with Crippen molar-refractivity contribution in [2.45, 2.75) is 76.9 Å². The third-order valence-corrected chi connectivity index (χ3v) is 7.02. The molecule has 1 aliphatic carbocycles. The van der Waals surface area contributed by atoms with Crippen molar-refractivity contribution < 1.29 is 23.9 Å². The highest BCUT2D eigenvalue weighted by molar-refractivity contribution is 6.23. The molecule has 3 aliphatic rings. The van der Waals surface area contributed by atoms with Gasteiger partial charge in [-0.2, -0.15) is 0 Å². The number of nitrogens with one attached hydrogen (secondary N) is 2. The molecule has 34 heavy (non-hydrogen) atoms. The molecule has 3 amide bonds. The standard InChI is InChI=1S/C26H35N3O5/c1-26(2,3)34-25(33)29-14-13-20-19(15-29)22(30)21(24(32)28-20)23(31)27-18-11-9-17(10-12-18)16-7-5-4-6-8-16/h9-12,16,19-21H,4-8,13-15H2,1-3H3,(H,27,31)(H,28,32)/t19-,20-,21?/m0/s1. The minimum atomic E-state index is -1.43. The molecule has 2 heterocycles. The van der Waals surface area contributed by atoms with Gasteiger partial charge in [0.25, 0.3) is 0 Å². The first-order valence-corrected chi connectivity index (χ1v) is 12.4. The van der Waals surface area contributed by atoms with Crippen LogP contribution >= 0.6 is 0 Å². The third kappa shape index (κ3) is 5.42. The van der Waals surface area contributed by atoms with Crippen molar-refractivity contribution in [3.63, 3.8) is 0 Å². The lowest BCUT2D eigenvalue weighted by atomic mass is 9.78. The molecule has 3 atom stereocenters. The summed E-state index contributed by atoms with van der Waals surface area (Å²) in [5, 5.41) is 5.56. The van der Waals surface area contributed by atoms with Crippen LogP contribution < -0.4 is 10.6 Å². The number of benzene rings is 1. The maximum absolute atomic E-state index is 13.2. The van der Waals surface area contributed by atoms with Crippen molar-refractivity contribution in [1.29, 1.82) is 0 Å². The number of rotatable bonds is 3. The molecule has 0 aromatic heterocycles. The van der Waals surface area contributed by atoms with Crippen LogP contribution in [0.5, 0.6) is 0 Å². The van der Waals surface area contributed by atoms with Gasteiger partial charge in [-0.15, -0.1) is 0 Å². The summed E-state index contributed by atoms with van der Waals surface area (Å²) in [5.74, 6) is -3.17. The molecule has 1 saturated carbocycles. The van der Waals surface area contributed by atoms with Gasteiger partial charge in [-0.3, -0.25) is 14.4 Å². The maximum Gasteiger partial charge on any atom is 0.410 e. The fraction of sp³-hybridized carbons (Fsp3) is 0.615. The van der Waals surface area contributed by atoms with Gasteiger partial charge in [-0.05, 0) is 63.6 Å². The number of Topliss-reactive ketones (excluding diaryl/α,β-unsaturated/α-hetero) is 1. The van der Waals surface area contributed by atoms with Crippen LogP contribution in [-0.4, -0.2) is 53.3 Å². The van der Waals surface area contributed by atoms with Crippen LogP contribution in [0.1, 0.15) is 70.8 Å². The van der Waals surface area contributed by atoms with E-state index in [-0.39, 0.29) is 12.6 Å². The zero-order chi connectivity index (χ0) is 24.5. The fourth-order valence-electron chi connectivity index (χ4n) is 5.25. The van der Waals surface area contributed by atoms with Crippen molar-refractivity contribution in [3.05, 3.63) is 29.8 Å². The number of hydrogen-bond acceptors (Lipinski definition) is 5. The molecule has 3 fully saturated rings. The summed E-state index contributed by atoms with van der Waals surface area (Å²) in [6.07, 6.45) is 6.11. The Balaban J connectivity index is 1.40. The lowest BCUT2D eigenvalue weighted by Gasteiger charge is -2.42. The average molecular weight is 470 g/mol. The first-order valence-electron chi connectivity index (χ1n) is 12.4. The number of ketones is 1. The van der Waals surface area contributed by atoms with Crippen molar-refractivity contribution in [1.82, 2.24) is 10.2 Å². The Morgan fingerprint density at radius 1 is 1.03 bits per heavy atom. The van der Waals surface area contributed by atoms with Crippen LogP contribution in [0.3, 0.4) is 0 Å². The normalized spacial score (nSPS) is 25.9. The van der Waals surface area contributed by atoms with E-state index >= 15 is 0 Å². The number of fused-ring (bicyclic) bond motifs is 1. The molecule has 1 aromatic rings. The van der Waals surface area contributed by atoms with Crippen molar-refractivity contribution >= 4 is 29.4 Å². The maximum atomic E-state index is 13.2. The van der Waals surface area contributed by atoms with Gasteiger partial charge in [0.15, 0.2) is 11.7 Å². The van der Waals surface area contributed by atoms with E-state index in [0.717, 1.165) is 0 Å². The van der Waals surface area contributed by atoms with E-state index in [1.807, 2.05) is 24.3 Å². The van der Waals surface area contributed by atoms with Crippen molar-refractivity contribution in [2.24, 2.45) is 11.8 Å². The quantitative estimate of drug-likeness (QED) is 0.658. The lowest BCUT2D eigenvalue weighted by molar-refractivity contribution is -0.147. The highest BCUT2D eigenvalue weighted by Gasteiger charge is 2.49. The Morgan fingerprint density at radius 3 is 2.35 bits per heavy atom. The van der Waals surface area contributed by atoms with E-state index in [1.54, 1.807) is 20.8 Å². The number of carbonyl (C=O) groups excluding carboxylic acids is 4. The predicted octanol–water partition coefficient (Wildman–Crippen LogP) is 3.61.